The molecule has 0 aliphatic carbocycles. The number of anilines is 1. The molecule has 2 rings (SSSR count). The Bertz CT molecular complexity index is 299. The van der Waals surface area contributed by atoms with E-state index < -0.39 is 0 Å². The topological polar surface area (TPSA) is 33.2 Å². The minimum Gasteiger partial charge on any atom is -0.347 e. The number of carbonyl (C=O) groups is 1. The van der Waals surface area contributed by atoms with E-state index in [9.17, 15) is 4.79 Å². The molecule has 1 aromatic heterocycles. The van der Waals surface area contributed by atoms with Gasteiger partial charge in [-0.3, -0.25) is 0 Å². The maximum atomic E-state index is 10.9. The third kappa shape index (κ3) is 1.76. The lowest BCUT2D eigenvalue weighted by atomic mass is 10.0. The number of hydrogen-bond donors (Lipinski definition) is 0. The van der Waals surface area contributed by atoms with Crippen LogP contribution in [0.3, 0.4) is 0 Å². The highest BCUT2D eigenvalue weighted by molar-refractivity contribution is 5.65. The van der Waals surface area contributed by atoms with Gasteiger partial charge < -0.3 is 9.69 Å². The predicted molar refractivity (Wildman–Crippen MR) is 55.3 cm³/mol. The van der Waals surface area contributed by atoms with Gasteiger partial charge in [0.25, 0.3) is 0 Å². The molecule has 74 valence electrons. The van der Waals surface area contributed by atoms with E-state index in [4.69, 9.17) is 0 Å². The maximum Gasteiger partial charge on any atom is 0.142 e. The molecule has 3 heteroatoms. The Kier molecular flexibility index (Phi) is 2.77. The van der Waals surface area contributed by atoms with Gasteiger partial charge in [0.2, 0.25) is 0 Å². The van der Waals surface area contributed by atoms with Gasteiger partial charge in [-0.05, 0) is 31.4 Å². The van der Waals surface area contributed by atoms with Crippen molar-refractivity contribution >= 4 is 12.1 Å². The average Bonchev–Trinajstić information content (AvgIpc) is 2.30. The lowest BCUT2D eigenvalue weighted by Gasteiger charge is -2.33. The molecule has 1 unspecified atom stereocenters. The normalized spacial score (nSPS) is 22.0. The summed E-state index contributed by atoms with van der Waals surface area (Å²) in [6.07, 6.45) is 6.06. The standard InChI is InChI=1S/C11H14N2O/c14-9-10-5-2-4-8-13(10)11-6-1-3-7-12-11/h1,3,6-7,9-10H,2,4-5,8H2. The van der Waals surface area contributed by atoms with Crippen LogP contribution >= 0.6 is 0 Å². The molecular formula is C11H14N2O. The highest BCUT2D eigenvalue weighted by Crippen LogP contribution is 2.21. The Hall–Kier alpha value is -1.38. The van der Waals surface area contributed by atoms with Gasteiger partial charge in [0.05, 0.1) is 6.04 Å². The number of piperidine rings is 1. The van der Waals surface area contributed by atoms with E-state index >= 15 is 0 Å². The largest absolute Gasteiger partial charge is 0.347 e. The zero-order chi connectivity index (χ0) is 9.80. The third-order valence-electron chi connectivity index (χ3n) is 2.65. The molecule has 0 saturated carbocycles. The van der Waals surface area contributed by atoms with Crippen molar-refractivity contribution in [1.82, 2.24) is 4.98 Å². The lowest BCUT2D eigenvalue weighted by Crippen LogP contribution is -2.41. The first kappa shape index (κ1) is 9.19. The van der Waals surface area contributed by atoms with Gasteiger partial charge in [-0.25, -0.2) is 4.98 Å². The highest BCUT2D eigenvalue weighted by Gasteiger charge is 2.22. The molecule has 0 amide bonds. The number of pyridine rings is 1. The Morgan fingerprint density at radius 1 is 1.43 bits per heavy atom. The monoisotopic (exact) mass is 190 g/mol. The summed E-state index contributed by atoms with van der Waals surface area (Å²) < 4.78 is 0. The minimum absolute atomic E-state index is 0.0265. The zero-order valence-corrected chi connectivity index (χ0v) is 8.10. The molecule has 0 N–H and O–H groups in total. The summed E-state index contributed by atoms with van der Waals surface area (Å²) >= 11 is 0. The molecule has 0 spiro atoms. The Morgan fingerprint density at radius 2 is 2.36 bits per heavy atom. The van der Waals surface area contributed by atoms with Gasteiger partial charge in [0, 0.05) is 12.7 Å². The summed E-state index contributed by atoms with van der Waals surface area (Å²) in [6, 6.07) is 5.84. The van der Waals surface area contributed by atoms with Crippen LogP contribution in [0.25, 0.3) is 0 Å². The van der Waals surface area contributed by atoms with Crippen molar-refractivity contribution in [3.63, 3.8) is 0 Å². The van der Waals surface area contributed by atoms with Gasteiger partial charge in [0.1, 0.15) is 12.1 Å². The second kappa shape index (κ2) is 4.22. The maximum absolute atomic E-state index is 10.9. The molecule has 1 fully saturated rings. The molecule has 14 heavy (non-hydrogen) atoms. The van der Waals surface area contributed by atoms with E-state index in [0.717, 1.165) is 37.9 Å². The zero-order valence-electron chi connectivity index (χ0n) is 8.10. The number of carbonyl (C=O) groups excluding carboxylic acids is 1. The molecule has 1 atom stereocenters. The van der Waals surface area contributed by atoms with Crippen LogP contribution in [0.5, 0.6) is 0 Å². The van der Waals surface area contributed by atoms with Crippen LogP contribution in [0.15, 0.2) is 24.4 Å². The molecule has 0 radical (unpaired) electrons. The van der Waals surface area contributed by atoms with Crippen LogP contribution in [-0.4, -0.2) is 23.9 Å². The molecule has 1 aliphatic heterocycles. The van der Waals surface area contributed by atoms with Gasteiger partial charge in [-0.15, -0.1) is 0 Å². The van der Waals surface area contributed by atoms with E-state index in [1.807, 2.05) is 18.2 Å². The summed E-state index contributed by atoms with van der Waals surface area (Å²) in [4.78, 5) is 17.2. The number of aromatic nitrogens is 1. The van der Waals surface area contributed by atoms with Crippen LogP contribution in [0, 0.1) is 0 Å². The van der Waals surface area contributed by atoms with Crippen molar-refractivity contribution in [3.8, 4) is 0 Å². The number of rotatable bonds is 2. The molecule has 1 aromatic rings. The van der Waals surface area contributed by atoms with Gasteiger partial charge >= 0.3 is 0 Å². The van der Waals surface area contributed by atoms with E-state index in [-0.39, 0.29) is 6.04 Å². The lowest BCUT2D eigenvalue weighted by molar-refractivity contribution is -0.109. The molecule has 0 aromatic carbocycles. The van der Waals surface area contributed by atoms with E-state index in [1.165, 1.54) is 0 Å². The Morgan fingerprint density at radius 3 is 3.07 bits per heavy atom. The summed E-state index contributed by atoms with van der Waals surface area (Å²) in [5, 5.41) is 0. The quantitative estimate of drug-likeness (QED) is 0.665. The molecule has 0 bridgehead atoms. The van der Waals surface area contributed by atoms with E-state index in [2.05, 4.69) is 9.88 Å². The van der Waals surface area contributed by atoms with Crippen molar-refractivity contribution in [3.05, 3.63) is 24.4 Å². The van der Waals surface area contributed by atoms with Crippen LogP contribution in [-0.2, 0) is 4.79 Å². The summed E-state index contributed by atoms with van der Waals surface area (Å²) in [7, 11) is 0. The fraction of sp³-hybridized carbons (Fsp3) is 0.455. The van der Waals surface area contributed by atoms with Gasteiger partial charge in [-0.1, -0.05) is 6.07 Å². The fourth-order valence-electron chi connectivity index (χ4n) is 1.91. The van der Waals surface area contributed by atoms with Crippen molar-refractivity contribution in [2.45, 2.75) is 25.3 Å². The fourth-order valence-corrected chi connectivity index (χ4v) is 1.91. The van der Waals surface area contributed by atoms with Crippen LogP contribution in [0.4, 0.5) is 5.82 Å². The van der Waals surface area contributed by atoms with E-state index in [0.29, 0.717) is 0 Å². The smallest absolute Gasteiger partial charge is 0.142 e. The first-order valence-corrected chi connectivity index (χ1v) is 5.05. The average molecular weight is 190 g/mol. The minimum atomic E-state index is 0.0265. The van der Waals surface area contributed by atoms with Crippen LogP contribution in [0.1, 0.15) is 19.3 Å². The van der Waals surface area contributed by atoms with Gasteiger partial charge in [0.15, 0.2) is 0 Å². The molecule has 1 aliphatic rings. The molecule has 3 nitrogen and oxygen atoms in total. The number of hydrogen-bond acceptors (Lipinski definition) is 3. The summed E-state index contributed by atoms with van der Waals surface area (Å²) in [5.74, 6) is 0.921. The first-order valence-electron chi connectivity index (χ1n) is 5.05. The van der Waals surface area contributed by atoms with Crippen molar-refractivity contribution in [2.24, 2.45) is 0 Å². The third-order valence-corrected chi connectivity index (χ3v) is 2.65. The first-order chi connectivity index (χ1) is 6.92. The second-order valence-corrected chi connectivity index (χ2v) is 3.58. The Labute approximate surface area is 83.8 Å². The number of nitrogens with zero attached hydrogens (tertiary/aromatic N) is 2. The summed E-state index contributed by atoms with van der Waals surface area (Å²) in [6.45, 7) is 0.945. The highest BCUT2D eigenvalue weighted by atomic mass is 16.1. The molecule has 1 saturated heterocycles. The Balaban J connectivity index is 2.19. The van der Waals surface area contributed by atoms with Crippen LogP contribution in [0.2, 0.25) is 0 Å². The molecule has 2 heterocycles. The number of aldehydes is 1. The van der Waals surface area contributed by atoms with Crippen LogP contribution < -0.4 is 4.90 Å². The summed E-state index contributed by atoms with van der Waals surface area (Å²) in [5.41, 5.74) is 0. The van der Waals surface area contributed by atoms with Crippen molar-refractivity contribution < 1.29 is 4.79 Å². The second-order valence-electron chi connectivity index (χ2n) is 3.58. The van der Waals surface area contributed by atoms with Crippen molar-refractivity contribution in [1.29, 1.82) is 0 Å². The van der Waals surface area contributed by atoms with Crippen molar-refractivity contribution in [2.75, 3.05) is 11.4 Å². The van der Waals surface area contributed by atoms with E-state index in [1.54, 1.807) is 6.20 Å². The molecular weight excluding hydrogens is 176 g/mol. The van der Waals surface area contributed by atoms with Gasteiger partial charge in [-0.2, -0.15) is 0 Å². The SMILES string of the molecule is O=CC1CCCCN1c1ccccn1. The predicted octanol–water partition coefficient (Wildman–Crippen LogP) is 1.64.